The summed E-state index contributed by atoms with van der Waals surface area (Å²) in [5, 5.41) is 0.687. The molecule has 2 aliphatic rings. The van der Waals surface area contributed by atoms with Gasteiger partial charge in [0.15, 0.2) is 0 Å². The first-order valence-electron chi connectivity index (χ1n) is 7.42. The molecule has 0 radical (unpaired) electrons. The molecule has 1 saturated heterocycles. The summed E-state index contributed by atoms with van der Waals surface area (Å²) in [7, 11) is -3.43. The molecule has 2 unspecified atom stereocenters. The van der Waals surface area contributed by atoms with E-state index in [1.54, 1.807) is 22.6 Å². The minimum atomic E-state index is -3.43. The number of hydrogen-bond acceptors (Lipinski definition) is 3. The summed E-state index contributed by atoms with van der Waals surface area (Å²) in [6.07, 6.45) is 5.16. The third kappa shape index (κ3) is 1.97. The molecule has 2 aromatic rings. The van der Waals surface area contributed by atoms with Gasteiger partial charge in [0.1, 0.15) is 4.90 Å². The number of aromatic amines is 1. The molecule has 21 heavy (non-hydrogen) atoms. The van der Waals surface area contributed by atoms with E-state index in [1.165, 1.54) is 6.42 Å². The molecule has 1 aliphatic heterocycles. The summed E-state index contributed by atoms with van der Waals surface area (Å²) in [6, 6.07) is 5.33. The Kier molecular flexibility index (Phi) is 2.81. The molecule has 0 amide bonds. The molecule has 0 bridgehead atoms. The van der Waals surface area contributed by atoms with E-state index in [-0.39, 0.29) is 0 Å². The number of benzene rings is 1. The number of nitrogens with zero attached hydrogens (tertiary/aromatic N) is 1. The van der Waals surface area contributed by atoms with E-state index in [9.17, 15) is 8.42 Å². The molecule has 112 valence electrons. The van der Waals surface area contributed by atoms with Crippen LogP contribution in [-0.2, 0) is 10.0 Å². The molecule has 1 aromatic heterocycles. The van der Waals surface area contributed by atoms with Gasteiger partial charge in [0.25, 0.3) is 0 Å². The lowest BCUT2D eigenvalue weighted by atomic mass is 10.0. The monoisotopic (exact) mass is 305 g/mol. The summed E-state index contributed by atoms with van der Waals surface area (Å²) in [4.78, 5) is 3.39. The molecule has 1 saturated carbocycles. The fourth-order valence-corrected chi connectivity index (χ4v) is 5.56. The van der Waals surface area contributed by atoms with Gasteiger partial charge in [-0.25, -0.2) is 8.42 Å². The summed E-state index contributed by atoms with van der Waals surface area (Å²) in [6.45, 7) is 1.34. The number of sulfonamides is 1. The number of H-pyrrole nitrogens is 1. The van der Waals surface area contributed by atoms with Gasteiger partial charge in [0.2, 0.25) is 10.0 Å². The van der Waals surface area contributed by atoms with Crippen molar-refractivity contribution in [2.45, 2.75) is 24.2 Å². The quantitative estimate of drug-likeness (QED) is 0.835. The number of rotatable bonds is 2. The van der Waals surface area contributed by atoms with Crippen molar-refractivity contribution in [2.24, 2.45) is 11.8 Å². The van der Waals surface area contributed by atoms with Crippen molar-refractivity contribution in [2.75, 3.05) is 18.8 Å². The lowest BCUT2D eigenvalue weighted by molar-refractivity contribution is 0.446. The van der Waals surface area contributed by atoms with Crippen LogP contribution in [0.3, 0.4) is 0 Å². The highest BCUT2D eigenvalue weighted by Crippen LogP contribution is 2.40. The van der Waals surface area contributed by atoms with E-state index in [1.807, 2.05) is 6.07 Å². The Bertz CT molecular complexity index is 784. The zero-order valence-corrected chi connectivity index (χ0v) is 12.6. The number of aromatic nitrogens is 1. The number of fused-ring (bicyclic) bond motifs is 2. The minimum absolute atomic E-state index is 0.352. The van der Waals surface area contributed by atoms with Crippen molar-refractivity contribution in [3.63, 3.8) is 0 Å². The second-order valence-corrected chi connectivity index (χ2v) is 8.14. The van der Waals surface area contributed by atoms with E-state index in [4.69, 9.17) is 5.73 Å². The Hall–Kier alpha value is -1.53. The number of nitrogens with two attached hydrogens (primary N) is 1. The van der Waals surface area contributed by atoms with Gasteiger partial charge in [0, 0.05) is 35.9 Å². The zero-order chi connectivity index (χ0) is 14.6. The SMILES string of the molecule is Nc1ccc2[nH]cc(S(=O)(=O)N3CC4CCCC4C3)c2c1. The highest BCUT2D eigenvalue weighted by Gasteiger charge is 2.41. The van der Waals surface area contributed by atoms with Gasteiger partial charge in [-0.2, -0.15) is 4.31 Å². The summed E-state index contributed by atoms with van der Waals surface area (Å²) >= 11 is 0. The van der Waals surface area contributed by atoms with E-state index in [2.05, 4.69) is 4.98 Å². The summed E-state index contributed by atoms with van der Waals surface area (Å²) in [5.74, 6) is 1.10. The van der Waals surface area contributed by atoms with Gasteiger partial charge in [-0.3, -0.25) is 0 Å². The van der Waals surface area contributed by atoms with E-state index < -0.39 is 10.0 Å². The summed E-state index contributed by atoms with van der Waals surface area (Å²) in [5.41, 5.74) is 7.19. The molecule has 6 heteroatoms. The van der Waals surface area contributed by atoms with E-state index in [0.717, 1.165) is 18.4 Å². The third-order valence-electron chi connectivity index (χ3n) is 4.98. The van der Waals surface area contributed by atoms with Crippen molar-refractivity contribution in [3.8, 4) is 0 Å². The van der Waals surface area contributed by atoms with Gasteiger partial charge < -0.3 is 10.7 Å². The standard InChI is InChI=1S/C15H19N3O2S/c16-12-4-5-14-13(6-12)15(7-17-14)21(19,20)18-8-10-2-1-3-11(10)9-18/h4-7,10-11,17H,1-3,8-9,16H2. The number of anilines is 1. The molecular formula is C15H19N3O2S. The molecule has 4 rings (SSSR count). The average Bonchev–Trinajstić information content (AvgIpc) is 3.11. The van der Waals surface area contributed by atoms with Gasteiger partial charge in [-0.1, -0.05) is 6.42 Å². The molecule has 0 spiro atoms. The Morgan fingerprint density at radius 1 is 1.19 bits per heavy atom. The molecule has 5 nitrogen and oxygen atoms in total. The maximum atomic E-state index is 12.9. The lowest BCUT2D eigenvalue weighted by Crippen LogP contribution is -2.29. The Morgan fingerprint density at radius 2 is 1.90 bits per heavy atom. The van der Waals surface area contributed by atoms with Crippen LogP contribution in [0.25, 0.3) is 10.9 Å². The van der Waals surface area contributed by atoms with E-state index in [0.29, 0.717) is 40.9 Å². The molecule has 1 aromatic carbocycles. The van der Waals surface area contributed by atoms with Crippen molar-refractivity contribution in [3.05, 3.63) is 24.4 Å². The Labute approximate surface area is 124 Å². The van der Waals surface area contributed by atoms with Gasteiger partial charge >= 0.3 is 0 Å². The number of nitrogens with one attached hydrogen (secondary N) is 1. The van der Waals surface area contributed by atoms with Crippen LogP contribution in [0.2, 0.25) is 0 Å². The van der Waals surface area contributed by atoms with Crippen LogP contribution in [0, 0.1) is 11.8 Å². The van der Waals surface area contributed by atoms with Crippen LogP contribution in [-0.4, -0.2) is 30.8 Å². The van der Waals surface area contributed by atoms with Crippen LogP contribution in [0.5, 0.6) is 0 Å². The molecule has 2 heterocycles. The maximum Gasteiger partial charge on any atom is 0.245 e. The fourth-order valence-electron chi connectivity index (χ4n) is 3.85. The Balaban J connectivity index is 1.75. The van der Waals surface area contributed by atoms with Crippen LogP contribution in [0.1, 0.15) is 19.3 Å². The topological polar surface area (TPSA) is 79.2 Å². The van der Waals surface area contributed by atoms with Crippen LogP contribution >= 0.6 is 0 Å². The predicted molar refractivity (Wildman–Crippen MR) is 82.3 cm³/mol. The number of nitrogen functional groups attached to an aromatic ring is 1. The lowest BCUT2D eigenvalue weighted by Gasteiger charge is -2.16. The second-order valence-electron chi connectivity index (χ2n) is 6.23. The van der Waals surface area contributed by atoms with Gasteiger partial charge in [0.05, 0.1) is 0 Å². The third-order valence-corrected chi connectivity index (χ3v) is 6.85. The normalized spacial score (nSPS) is 26.5. The van der Waals surface area contributed by atoms with Crippen molar-refractivity contribution in [1.82, 2.24) is 9.29 Å². The molecule has 1 aliphatic carbocycles. The van der Waals surface area contributed by atoms with Crippen LogP contribution < -0.4 is 5.73 Å². The molecule has 3 N–H and O–H groups in total. The Morgan fingerprint density at radius 3 is 2.62 bits per heavy atom. The zero-order valence-electron chi connectivity index (χ0n) is 11.7. The fraction of sp³-hybridized carbons (Fsp3) is 0.467. The molecule has 2 atom stereocenters. The van der Waals surface area contributed by atoms with Crippen molar-refractivity contribution >= 4 is 26.6 Å². The predicted octanol–water partition coefficient (Wildman–Crippen LogP) is 2.17. The smallest absolute Gasteiger partial charge is 0.245 e. The second kappa shape index (κ2) is 4.48. The van der Waals surface area contributed by atoms with Crippen molar-refractivity contribution < 1.29 is 8.42 Å². The molecular weight excluding hydrogens is 286 g/mol. The van der Waals surface area contributed by atoms with Gasteiger partial charge in [-0.15, -0.1) is 0 Å². The highest BCUT2D eigenvalue weighted by atomic mass is 32.2. The summed E-state index contributed by atoms with van der Waals surface area (Å²) < 4.78 is 27.5. The highest BCUT2D eigenvalue weighted by molar-refractivity contribution is 7.89. The van der Waals surface area contributed by atoms with Crippen LogP contribution in [0.4, 0.5) is 5.69 Å². The minimum Gasteiger partial charge on any atom is -0.399 e. The van der Waals surface area contributed by atoms with Crippen LogP contribution in [0.15, 0.2) is 29.3 Å². The van der Waals surface area contributed by atoms with Crippen molar-refractivity contribution in [1.29, 1.82) is 0 Å². The number of hydrogen-bond donors (Lipinski definition) is 2. The maximum absolute atomic E-state index is 12.9. The van der Waals surface area contributed by atoms with Gasteiger partial charge in [-0.05, 0) is 42.9 Å². The first-order valence-corrected chi connectivity index (χ1v) is 8.86. The first-order chi connectivity index (χ1) is 10.1. The average molecular weight is 305 g/mol. The first kappa shape index (κ1) is 13.2. The molecule has 2 fully saturated rings. The van der Waals surface area contributed by atoms with E-state index >= 15 is 0 Å². The largest absolute Gasteiger partial charge is 0.399 e.